The van der Waals surface area contributed by atoms with E-state index in [9.17, 15) is 27.9 Å². The molecule has 1 heterocycles. The third-order valence-corrected chi connectivity index (χ3v) is 5.27. The van der Waals surface area contributed by atoms with Gasteiger partial charge in [0.2, 0.25) is 0 Å². The number of anilines is 1. The number of ether oxygens (including phenoxy) is 2. The molecule has 1 saturated heterocycles. The van der Waals surface area contributed by atoms with Gasteiger partial charge in [0.05, 0.1) is 18.7 Å². The average molecular weight is 469 g/mol. The molecule has 3 aromatic carbocycles. The number of carbonyl (C=O) groups excluding carboxylic acids is 2. The number of methoxy groups -OCH3 is 1. The number of alkyl halides is 3. The van der Waals surface area contributed by atoms with Crippen LogP contribution in [-0.2, 0) is 9.59 Å². The molecule has 6 nitrogen and oxygen atoms in total. The summed E-state index contributed by atoms with van der Waals surface area (Å²) in [5, 5.41) is 11.0. The number of carbonyl (C=O) groups is 2. The Kier molecular flexibility index (Phi) is 6.02. The van der Waals surface area contributed by atoms with Crippen molar-refractivity contribution in [2.75, 3.05) is 12.0 Å². The molecule has 4 rings (SSSR count). The summed E-state index contributed by atoms with van der Waals surface area (Å²) >= 11 is 0. The van der Waals surface area contributed by atoms with Crippen LogP contribution in [0.5, 0.6) is 11.5 Å². The third kappa shape index (κ3) is 4.45. The van der Waals surface area contributed by atoms with E-state index in [0.29, 0.717) is 16.9 Å². The predicted molar refractivity (Wildman–Crippen MR) is 117 cm³/mol. The number of halogens is 3. The highest BCUT2D eigenvalue weighted by molar-refractivity contribution is 6.51. The Morgan fingerprint density at radius 2 is 1.47 bits per heavy atom. The third-order valence-electron chi connectivity index (χ3n) is 5.27. The SMILES string of the molecule is COc1ccc(/C(O)=C2\C(=O)C(=O)N(c3ccc(OC(F)(F)F)cc3)C2c2ccccc2)cc1. The molecule has 1 aliphatic heterocycles. The normalized spacial score (nSPS) is 17.6. The Bertz CT molecular complexity index is 1240. The zero-order valence-electron chi connectivity index (χ0n) is 17.7. The van der Waals surface area contributed by atoms with Gasteiger partial charge in [-0.3, -0.25) is 14.5 Å². The molecule has 1 amide bonds. The molecule has 34 heavy (non-hydrogen) atoms. The molecule has 1 aliphatic rings. The van der Waals surface area contributed by atoms with Gasteiger partial charge in [0.15, 0.2) is 0 Å². The summed E-state index contributed by atoms with van der Waals surface area (Å²) in [4.78, 5) is 27.3. The molecule has 1 atom stereocenters. The summed E-state index contributed by atoms with van der Waals surface area (Å²) < 4.78 is 46.5. The standard InChI is InChI=1S/C25H18F3NO5/c1-33-18-11-7-16(8-12-18)22(30)20-21(15-5-3-2-4-6-15)29(24(32)23(20)31)17-9-13-19(14-10-17)34-25(26,27)28/h2-14,21,30H,1H3/b22-20+. The van der Waals surface area contributed by atoms with Crippen molar-refractivity contribution in [2.45, 2.75) is 12.4 Å². The van der Waals surface area contributed by atoms with Crippen molar-refractivity contribution in [2.24, 2.45) is 0 Å². The minimum absolute atomic E-state index is 0.142. The Hall–Kier alpha value is -4.27. The fourth-order valence-corrected chi connectivity index (χ4v) is 3.76. The van der Waals surface area contributed by atoms with Gasteiger partial charge in [-0.05, 0) is 54.1 Å². The first-order chi connectivity index (χ1) is 16.2. The van der Waals surface area contributed by atoms with E-state index in [-0.39, 0.29) is 17.0 Å². The van der Waals surface area contributed by atoms with E-state index in [1.165, 1.54) is 19.2 Å². The smallest absolute Gasteiger partial charge is 0.507 e. The second-order valence-electron chi connectivity index (χ2n) is 7.35. The van der Waals surface area contributed by atoms with Crippen molar-refractivity contribution in [1.82, 2.24) is 0 Å². The van der Waals surface area contributed by atoms with Crippen LogP contribution in [0.3, 0.4) is 0 Å². The maximum absolute atomic E-state index is 13.1. The number of rotatable bonds is 5. The second-order valence-corrected chi connectivity index (χ2v) is 7.35. The number of amides is 1. The molecular weight excluding hydrogens is 451 g/mol. The molecule has 0 saturated carbocycles. The first-order valence-corrected chi connectivity index (χ1v) is 10.1. The van der Waals surface area contributed by atoms with Crippen LogP contribution in [0.2, 0.25) is 0 Å². The average Bonchev–Trinajstić information content (AvgIpc) is 3.09. The number of hydrogen-bond acceptors (Lipinski definition) is 5. The number of aliphatic hydroxyl groups is 1. The van der Waals surface area contributed by atoms with E-state index < -0.39 is 29.8 Å². The van der Waals surface area contributed by atoms with Gasteiger partial charge in [-0.2, -0.15) is 0 Å². The summed E-state index contributed by atoms with van der Waals surface area (Å²) in [6.07, 6.45) is -4.87. The van der Waals surface area contributed by atoms with E-state index in [1.54, 1.807) is 54.6 Å². The van der Waals surface area contributed by atoms with E-state index in [4.69, 9.17) is 4.74 Å². The fraction of sp³-hybridized carbons (Fsp3) is 0.120. The summed E-state index contributed by atoms with van der Waals surface area (Å²) in [6.45, 7) is 0. The van der Waals surface area contributed by atoms with Crippen molar-refractivity contribution in [1.29, 1.82) is 0 Å². The Morgan fingerprint density at radius 3 is 2.03 bits per heavy atom. The van der Waals surface area contributed by atoms with Crippen LogP contribution in [0.25, 0.3) is 5.76 Å². The van der Waals surface area contributed by atoms with Crippen LogP contribution in [-0.4, -0.2) is 30.3 Å². The van der Waals surface area contributed by atoms with Gasteiger partial charge in [-0.1, -0.05) is 30.3 Å². The van der Waals surface area contributed by atoms with Crippen LogP contribution < -0.4 is 14.4 Å². The van der Waals surface area contributed by atoms with Crippen LogP contribution in [0.1, 0.15) is 17.2 Å². The summed E-state index contributed by atoms with van der Waals surface area (Å²) in [7, 11) is 1.49. The monoisotopic (exact) mass is 469 g/mol. The second kappa shape index (κ2) is 8.93. The van der Waals surface area contributed by atoms with Crippen molar-refractivity contribution >= 4 is 23.1 Å². The number of nitrogens with zero attached hydrogens (tertiary/aromatic N) is 1. The molecule has 1 unspecified atom stereocenters. The van der Waals surface area contributed by atoms with Crippen molar-refractivity contribution in [3.63, 3.8) is 0 Å². The molecule has 0 radical (unpaired) electrons. The van der Waals surface area contributed by atoms with Gasteiger partial charge in [0.1, 0.15) is 17.3 Å². The van der Waals surface area contributed by atoms with E-state index >= 15 is 0 Å². The molecule has 9 heteroatoms. The van der Waals surface area contributed by atoms with Crippen LogP contribution >= 0.6 is 0 Å². The summed E-state index contributed by atoms with van der Waals surface area (Å²) in [5.41, 5.74) is 0.859. The highest BCUT2D eigenvalue weighted by Gasteiger charge is 2.47. The molecule has 0 spiro atoms. The van der Waals surface area contributed by atoms with Crippen molar-refractivity contribution in [3.05, 3.63) is 95.6 Å². The molecule has 1 fully saturated rings. The minimum atomic E-state index is -4.87. The van der Waals surface area contributed by atoms with Crippen LogP contribution in [0, 0.1) is 0 Å². The van der Waals surface area contributed by atoms with Gasteiger partial charge in [0, 0.05) is 11.3 Å². The topological polar surface area (TPSA) is 76.1 Å². The number of Topliss-reactive ketones (excluding diaryl/α,β-unsaturated/α-hetero) is 1. The molecule has 1 N–H and O–H groups in total. The molecule has 0 aliphatic carbocycles. The highest BCUT2D eigenvalue weighted by atomic mass is 19.4. The maximum Gasteiger partial charge on any atom is 0.573 e. The lowest BCUT2D eigenvalue weighted by molar-refractivity contribution is -0.274. The maximum atomic E-state index is 13.1. The Labute approximate surface area is 192 Å². The highest BCUT2D eigenvalue weighted by Crippen LogP contribution is 2.42. The molecular formula is C25H18F3NO5. The van der Waals surface area contributed by atoms with Gasteiger partial charge >= 0.3 is 6.36 Å². The van der Waals surface area contributed by atoms with E-state index in [1.807, 2.05) is 0 Å². The first kappa shape index (κ1) is 22.9. The lowest BCUT2D eigenvalue weighted by Crippen LogP contribution is -2.29. The Balaban J connectivity index is 1.82. The summed E-state index contributed by atoms with van der Waals surface area (Å²) in [5.74, 6) is -2.15. The van der Waals surface area contributed by atoms with Crippen molar-refractivity contribution in [3.8, 4) is 11.5 Å². The van der Waals surface area contributed by atoms with E-state index in [0.717, 1.165) is 17.0 Å². The van der Waals surface area contributed by atoms with E-state index in [2.05, 4.69) is 4.74 Å². The van der Waals surface area contributed by atoms with Gasteiger partial charge in [-0.15, -0.1) is 13.2 Å². The van der Waals surface area contributed by atoms with Gasteiger partial charge in [-0.25, -0.2) is 0 Å². The molecule has 0 bridgehead atoms. The molecule has 0 aromatic heterocycles. The van der Waals surface area contributed by atoms with Crippen LogP contribution in [0.4, 0.5) is 18.9 Å². The predicted octanol–water partition coefficient (Wildman–Crippen LogP) is 5.22. The van der Waals surface area contributed by atoms with Gasteiger partial charge in [0.25, 0.3) is 11.7 Å². The number of hydrogen-bond donors (Lipinski definition) is 1. The lowest BCUT2D eigenvalue weighted by Gasteiger charge is -2.25. The quantitative estimate of drug-likeness (QED) is 0.315. The minimum Gasteiger partial charge on any atom is -0.507 e. The van der Waals surface area contributed by atoms with Crippen LogP contribution in [0.15, 0.2) is 84.4 Å². The summed E-state index contributed by atoms with van der Waals surface area (Å²) in [6, 6.07) is 18.4. The van der Waals surface area contributed by atoms with Crippen molar-refractivity contribution < 1.29 is 37.3 Å². The first-order valence-electron chi connectivity index (χ1n) is 10.1. The molecule has 174 valence electrons. The largest absolute Gasteiger partial charge is 0.573 e. The van der Waals surface area contributed by atoms with Gasteiger partial charge < -0.3 is 14.6 Å². The molecule has 3 aromatic rings. The zero-order valence-corrected chi connectivity index (χ0v) is 17.7. The number of ketones is 1. The lowest BCUT2D eigenvalue weighted by atomic mass is 9.95. The number of benzene rings is 3. The number of aliphatic hydroxyl groups excluding tert-OH is 1. The fourth-order valence-electron chi connectivity index (χ4n) is 3.76. The Morgan fingerprint density at radius 1 is 0.882 bits per heavy atom. The zero-order chi connectivity index (χ0) is 24.5.